The number of hydrogen-bond donors (Lipinski definition) is 0. The minimum Gasteiger partial charge on any atom is -0.365 e. The summed E-state index contributed by atoms with van der Waals surface area (Å²) in [6.45, 7) is 13.6. The van der Waals surface area contributed by atoms with Crippen molar-refractivity contribution in [3.63, 3.8) is 0 Å². The van der Waals surface area contributed by atoms with Crippen molar-refractivity contribution in [3.05, 3.63) is 42.0 Å². The largest absolute Gasteiger partial charge is 0.365 e. The van der Waals surface area contributed by atoms with Crippen LogP contribution in [0.1, 0.15) is 44.7 Å². The third-order valence-electron chi connectivity index (χ3n) is 5.33. The van der Waals surface area contributed by atoms with Gasteiger partial charge in [0, 0.05) is 36.9 Å². The molecular weight excluding hydrogens is 244 g/mol. The van der Waals surface area contributed by atoms with Crippen LogP contribution in [0, 0.1) is 0 Å². The maximum absolute atomic E-state index is 4.31. The van der Waals surface area contributed by atoms with E-state index in [1.807, 2.05) is 0 Å². The molecule has 2 heteroatoms. The Hall–Kier alpha value is -1.28. The molecule has 0 bridgehead atoms. The summed E-state index contributed by atoms with van der Waals surface area (Å²) in [5.74, 6) is 0. The Morgan fingerprint density at radius 2 is 1.70 bits per heavy atom. The van der Waals surface area contributed by atoms with Gasteiger partial charge in [-0.25, -0.2) is 0 Å². The van der Waals surface area contributed by atoms with Crippen molar-refractivity contribution >= 4 is 5.70 Å². The first kappa shape index (κ1) is 13.7. The summed E-state index contributed by atoms with van der Waals surface area (Å²) < 4.78 is 0. The molecule has 2 heterocycles. The lowest BCUT2D eigenvalue weighted by Crippen LogP contribution is -2.53. The molecule has 1 saturated heterocycles. The van der Waals surface area contributed by atoms with Crippen molar-refractivity contribution in [2.45, 2.75) is 44.7 Å². The van der Waals surface area contributed by atoms with Crippen LogP contribution >= 0.6 is 0 Å². The van der Waals surface area contributed by atoms with Crippen LogP contribution in [0.5, 0.6) is 0 Å². The van der Waals surface area contributed by atoms with Gasteiger partial charge >= 0.3 is 0 Å². The van der Waals surface area contributed by atoms with Crippen molar-refractivity contribution < 1.29 is 0 Å². The molecule has 0 radical (unpaired) electrons. The molecule has 3 rings (SSSR count). The highest BCUT2D eigenvalue weighted by atomic mass is 15.3. The van der Waals surface area contributed by atoms with E-state index in [2.05, 4.69) is 68.5 Å². The average molecular weight is 270 g/mol. The first-order chi connectivity index (χ1) is 9.36. The summed E-state index contributed by atoms with van der Waals surface area (Å²) in [6, 6.07) is 8.82. The van der Waals surface area contributed by atoms with Crippen molar-refractivity contribution in [1.29, 1.82) is 0 Å². The van der Waals surface area contributed by atoms with Crippen LogP contribution in [0.25, 0.3) is 5.70 Å². The fourth-order valence-electron chi connectivity index (χ4n) is 3.91. The van der Waals surface area contributed by atoms with E-state index in [1.54, 1.807) is 0 Å². The molecule has 108 valence electrons. The lowest BCUT2D eigenvalue weighted by Gasteiger charge is -2.48. The Bertz CT molecular complexity index is 531. The summed E-state index contributed by atoms with van der Waals surface area (Å²) in [5.41, 5.74) is 4.47. The second kappa shape index (κ2) is 4.36. The zero-order valence-corrected chi connectivity index (χ0v) is 13.2. The van der Waals surface area contributed by atoms with E-state index in [0.717, 1.165) is 13.1 Å². The molecule has 1 aromatic rings. The molecule has 0 aromatic heterocycles. The molecular formula is C18H26N2. The minimum absolute atomic E-state index is 0.176. The minimum atomic E-state index is 0.176. The van der Waals surface area contributed by atoms with Crippen LogP contribution in [-0.2, 0) is 5.54 Å². The van der Waals surface area contributed by atoms with Gasteiger partial charge in [0.1, 0.15) is 0 Å². The Balaban J connectivity index is 1.94. The quantitative estimate of drug-likeness (QED) is 0.709. The van der Waals surface area contributed by atoms with Crippen molar-refractivity contribution in [1.82, 2.24) is 9.80 Å². The second-order valence-electron chi connectivity index (χ2n) is 7.24. The zero-order chi connectivity index (χ0) is 14.5. The number of likely N-dealkylation sites (tertiary alicyclic amines) is 1. The van der Waals surface area contributed by atoms with Gasteiger partial charge in [0.25, 0.3) is 0 Å². The SMILES string of the molecule is C=C1c2ccccc2C2(CCN(C(C)(C)C)CC2)N1C. The van der Waals surface area contributed by atoms with Crippen LogP contribution in [0.2, 0.25) is 0 Å². The van der Waals surface area contributed by atoms with Crippen LogP contribution in [0.3, 0.4) is 0 Å². The highest BCUT2D eigenvalue weighted by Crippen LogP contribution is 2.50. The summed E-state index contributed by atoms with van der Waals surface area (Å²) >= 11 is 0. The predicted molar refractivity (Wildman–Crippen MR) is 85.5 cm³/mol. The van der Waals surface area contributed by atoms with Gasteiger partial charge in [0.15, 0.2) is 0 Å². The third-order valence-corrected chi connectivity index (χ3v) is 5.33. The van der Waals surface area contributed by atoms with Gasteiger partial charge < -0.3 is 4.90 Å². The van der Waals surface area contributed by atoms with E-state index in [9.17, 15) is 0 Å². The van der Waals surface area contributed by atoms with Gasteiger partial charge in [-0.3, -0.25) is 4.90 Å². The lowest BCUT2D eigenvalue weighted by molar-refractivity contribution is 0.0333. The standard InChI is InChI=1S/C18H26N2/c1-14-15-8-6-7-9-16(15)18(19(14)5)10-12-20(13-11-18)17(2,3)4/h6-9H,1,10-13H2,2-5H3. The van der Waals surface area contributed by atoms with Crippen molar-refractivity contribution in [2.24, 2.45) is 0 Å². The molecule has 0 amide bonds. The van der Waals surface area contributed by atoms with Gasteiger partial charge in [-0.15, -0.1) is 0 Å². The predicted octanol–water partition coefficient (Wildman–Crippen LogP) is 3.69. The molecule has 2 aliphatic heterocycles. The number of piperidine rings is 1. The molecule has 20 heavy (non-hydrogen) atoms. The summed E-state index contributed by atoms with van der Waals surface area (Å²) in [5, 5.41) is 0. The monoisotopic (exact) mass is 270 g/mol. The van der Waals surface area contributed by atoms with Crippen molar-refractivity contribution in [3.8, 4) is 0 Å². The van der Waals surface area contributed by atoms with Gasteiger partial charge in [0.05, 0.1) is 5.54 Å². The molecule has 2 aliphatic rings. The Kier molecular flexibility index (Phi) is 2.98. The normalized spacial score (nSPS) is 22.4. The summed E-state index contributed by atoms with van der Waals surface area (Å²) in [7, 11) is 2.22. The maximum Gasteiger partial charge on any atom is 0.0681 e. The lowest BCUT2D eigenvalue weighted by atomic mass is 9.80. The number of nitrogens with zero attached hydrogens (tertiary/aromatic N) is 2. The van der Waals surface area contributed by atoms with E-state index in [-0.39, 0.29) is 11.1 Å². The molecule has 1 fully saturated rings. The molecule has 0 atom stereocenters. The van der Waals surface area contributed by atoms with Gasteiger partial charge in [-0.05, 0) is 39.2 Å². The molecule has 0 unspecified atom stereocenters. The number of benzene rings is 1. The Morgan fingerprint density at radius 1 is 1.10 bits per heavy atom. The number of rotatable bonds is 0. The molecule has 1 spiro atoms. The molecule has 0 saturated carbocycles. The van der Waals surface area contributed by atoms with E-state index >= 15 is 0 Å². The molecule has 1 aromatic carbocycles. The Labute approximate surface area is 123 Å². The topological polar surface area (TPSA) is 6.48 Å². The molecule has 0 N–H and O–H groups in total. The van der Waals surface area contributed by atoms with E-state index < -0.39 is 0 Å². The van der Waals surface area contributed by atoms with Gasteiger partial charge in [-0.1, -0.05) is 30.8 Å². The van der Waals surface area contributed by atoms with Crippen molar-refractivity contribution in [2.75, 3.05) is 20.1 Å². The second-order valence-corrected chi connectivity index (χ2v) is 7.24. The number of hydrogen-bond acceptors (Lipinski definition) is 2. The molecule has 2 nitrogen and oxygen atoms in total. The van der Waals surface area contributed by atoms with Gasteiger partial charge in [0.2, 0.25) is 0 Å². The third kappa shape index (κ3) is 1.81. The van der Waals surface area contributed by atoms with E-state index in [0.29, 0.717) is 0 Å². The van der Waals surface area contributed by atoms with E-state index in [1.165, 1.54) is 29.7 Å². The van der Waals surface area contributed by atoms with Crippen LogP contribution < -0.4 is 0 Å². The fourth-order valence-corrected chi connectivity index (χ4v) is 3.91. The molecule has 0 aliphatic carbocycles. The van der Waals surface area contributed by atoms with E-state index in [4.69, 9.17) is 0 Å². The summed E-state index contributed by atoms with van der Waals surface area (Å²) in [4.78, 5) is 5.04. The first-order valence-corrected chi connectivity index (χ1v) is 7.64. The average Bonchev–Trinajstić information content (AvgIpc) is 2.62. The maximum atomic E-state index is 4.31. The zero-order valence-electron chi connectivity index (χ0n) is 13.2. The first-order valence-electron chi connectivity index (χ1n) is 7.64. The van der Waals surface area contributed by atoms with Gasteiger partial charge in [-0.2, -0.15) is 0 Å². The smallest absolute Gasteiger partial charge is 0.0681 e. The Morgan fingerprint density at radius 3 is 2.30 bits per heavy atom. The highest BCUT2D eigenvalue weighted by molar-refractivity contribution is 5.72. The highest BCUT2D eigenvalue weighted by Gasteiger charge is 2.47. The number of fused-ring (bicyclic) bond motifs is 2. The fraction of sp³-hybridized carbons (Fsp3) is 0.556. The van der Waals surface area contributed by atoms with Crippen LogP contribution in [-0.4, -0.2) is 35.5 Å². The van der Waals surface area contributed by atoms with Crippen LogP contribution in [0.15, 0.2) is 30.8 Å². The van der Waals surface area contributed by atoms with Crippen LogP contribution in [0.4, 0.5) is 0 Å². The summed E-state index contributed by atoms with van der Waals surface area (Å²) in [6.07, 6.45) is 2.38.